The molecule has 0 saturated carbocycles. The van der Waals surface area contributed by atoms with Crippen LogP contribution in [0.5, 0.6) is 0 Å². The Bertz CT molecular complexity index is 1090. The number of likely N-dealkylation sites (tertiary alicyclic amines) is 1. The minimum Gasteiger partial charge on any atom is -0.330 e. The van der Waals surface area contributed by atoms with E-state index in [-0.39, 0.29) is 17.5 Å². The molecule has 3 aromatic heterocycles. The third-order valence-corrected chi connectivity index (χ3v) is 5.36. The van der Waals surface area contributed by atoms with Crippen LogP contribution < -0.4 is 0 Å². The van der Waals surface area contributed by atoms with E-state index in [9.17, 15) is 18.0 Å². The maximum Gasteiger partial charge on any atom is 0.433 e. The first-order valence-corrected chi connectivity index (χ1v) is 9.86. The van der Waals surface area contributed by atoms with Crippen LogP contribution in [0.1, 0.15) is 71.8 Å². The second kappa shape index (κ2) is 7.37. The molecular weight excluding hydrogens is 395 g/mol. The third-order valence-electron chi connectivity index (χ3n) is 5.36. The smallest absolute Gasteiger partial charge is 0.330 e. The lowest BCUT2D eigenvalue weighted by Gasteiger charge is -2.23. The summed E-state index contributed by atoms with van der Waals surface area (Å²) in [5.41, 5.74) is 1.30. The number of halogens is 3. The average molecular weight is 417 g/mol. The van der Waals surface area contributed by atoms with Gasteiger partial charge in [0, 0.05) is 30.2 Å². The van der Waals surface area contributed by atoms with E-state index >= 15 is 0 Å². The Morgan fingerprint density at radius 1 is 1.23 bits per heavy atom. The number of carbonyl (C=O) groups excluding carboxylic acids is 1. The highest BCUT2D eigenvalue weighted by molar-refractivity contribution is 5.94. The number of fused-ring (bicyclic) bond motifs is 1. The Kier molecular flexibility index (Phi) is 4.99. The molecule has 0 N–H and O–H groups in total. The molecule has 1 unspecified atom stereocenters. The van der Waals surface area contributed by atoms with Crippen molar-refractivity contribution in [2.45, 2.75) is 51.7 Å². The van der Waals surface area contributed by atoms with Gasteiger partial charge in [0.15, 0.2) is 5.65 Å². The molecule has 1 saturated heterocycles. The van der Waals surface area contributed by atoms with Crippen LogP contribution in [0, 0.1) is 6.92 Å². The van der Waals surface area contributed by atoms with Crippen molar-refractivity contribution < 1.29 is 18.0 Å². The van der Waals surface area contributed by atoms with Gasteiger partial charge in [-0.15, -0.1) is 0 Å². The lowest BCUT2D eigenvalue weighted by atomic mass is 10.1. The van der Waals surface area contributed by atoms with Crippen LogP contribution in [-0.4, -0.2) is 36.9 Å². The number of alkyl halides is 3. The quantitative estimate of drug-likeness (QED) is 0.627. The lowest BCUT2D eigenvalue weighted by Crippen LogP contribution is -2.31. The zero-order chi connectivity index (χ0) is 21.6. The summed E-state index contributed by atoms with van der Waals surface area (Å²) in [5, 5.41) is 4.23. The fraction of sp³-hybridized carbons (Fsp3) is 0.429. The Hall–Kier alpha value is -2.97. The number of hydrogen-bond donors (Lipinski definition) is 0. The number of hydrogen-bond acceptors (Lipinski definition) is 4. The van der Waals surface area contributed by atoms with Crippen LogP contribution in [0.3, 0.4) is 0 Å². The molecule has 1 amide bonds. The minimum atomic E-state index is -4.56. The van der Waals surface area contributed by atoms with E-state index in [1.807, 2.05) is 6.92 Å². The van der Waals surface area contributed by atoms with Gasteiger partial charge in [-0.1, -0.05) is 13.8 Å². The van der Waals surface area contributed by atoms with E-state index in [1.54, 1.807) is 36.9 Å². The number of aryl methyl sites for hydroxylation is 1. The number of amides is 1. The topological polar surface area (TPSA) is 63.4 Å². The normalized spacial score (nSPS) is 17.3. The van der Waals surface area contributed by atoms with Gasteiger partial charge in [-0.2, -0.15) is 18.3 Å². The summed E-state index contributed by atoms with van der Waals surface area (Å²) < 4.78 is 41.8. The van der Waals surface area contributed by atoms with Crippen molar-refractivity contribution in [3.05, 3.63) is 58.8 Å². The Balaban J connectivity index is 1.75. The molecule has 3 aromatic rings. The Morgan fingerprint density at radius 2 is 2.00 bits per heavy atom. The van der Waals surface area contributed by atoms with Crippen LogP contribution in [0.15, 0.2) is 30.5 Å². The molecule has 4 heterocycles. The van der Waals surface area contributed by atoms with Crippen LogP contribution in [0.25, 0.3) is 5.65 Å². The fourth-order valence-electron chi connectivity index (χ4n) is 3.75. The SMILES string of the molecule is Cc1ccc(C(=O)N2CCCC2c2cc3nc(C(C)C)cc(C(F)(F)F)n3n2)cn1. The summed E-state index contributed by atoms with van der Waals surface area (Å²) in [6.45, 7) is 5.94. The molecule has 1 aliphatic rings. The van der Waals surface area contributed by atoms with Crippen molar-refractivity contribution in [3.8, 4) is 0 Å². The number of carbonyl (C=O) groups is 1. The van der Waals surface area contributed by atoms with E-state index in [1.165, 1.54) is 6.20 Å². The highest BCUT2D eigenvalue weighted by Gasteiger charge is 2.37. The monoisotopic (exact) mass is 417 g/mol. The van der Waals surface area contributed by atoms with E-state index in [0.29, 0.717) is 29.9 Å². The van der Waals surface area contributed by atoms with Gasteiger partial charge in [-0.25, -0.2) is 9.50 Å². The van der Waals surface area contributed by atoms with Crippen molar-refractivity contribution >= 4 is 11.6 Å². The van der Waals surface area contributed by atoms with E-state index < -0.39 is 17.9 Å². The zero-order valence-electron chi connectivity index (χ0n) is 16.9. The van der Waals surface area contributed by atoms with Gasteiger partial charge < -0.3 is 4.90 Å². The molecule has 1 fully saturated rings. The van der Waals surface area contributed by atoms with Gasteiger partial charge in [0.1, 0.15) is 5.69 Å². The van der Waals surface area contributed by atoms with Crippen LogP contribution in [0.4, 0.5) is 13.2 Å². The summed E-state index contributed by atoms with van der Waals surface area (Å²) in [7, 11) is 0. The first-order valence-electron chi connectivity index (χ1n) is 9.86. The maximum atomic E-state index is 13.6. The molecule has 4 rings (SSSR count). The fourth-order valence-corrected chi connectivity index (χ4v) is 3.75. The van der Waals surface area contributed by atoms with Crippen molar-refractivity contribution in [3.63, 3.8) is 0 Å². The Morgan fingerprint density at radius 3 is 2.63 bits per heavy atom. The predicted molar refractivity (Wildman–Crippen MR) is 104 cm³/mol. The summed E-state index contributed by atoms with van der Waals surface area (Å²) in [6, 6.07) is 5.68. The lowest BCUT2D eigenvalue weighted by molar-refractivity contribution is -0.142. The number of rotatable bonds is 3. The van der Waals surface area contributed by atoms with E-state index in [2.05, 4.69) is 15.1 Å². The van der Waals surface area contributed by atoms with Gasteiger partial charge in [0.05, 0.1) is 17.3 Å². The molecular formula is C21H22F3N5O. The summed E-state index contributed by atoms with van der Waals surface area (Å²) >= 11 is 0. The molecule has 9 heteroatoms. The first-order chi connectivity index (χ1) is 14.1. The summed E-state index contributed by atoms with van der Waals surface area (Å²) in [6.07, 6.45) is -1.66. The first kappa shape index (κ1) is 20.3. The number of aromatic nitrogens is 4. The summed E-state index contributed by atoms with van der Waals surface area (Å²) in [5.74, 6) is -0.359. The van der Waals surface area contributed by atoms with E-state index in [4.69, 9.17) is 0 Å². The van der Waals surface area contributed by atoms with Crippen LogP contribution >= 0.6 is 0 Å². The van der Waals surface area contributed by atoms with Crippen LogP contribution in [0.2, 0.25) is 0 Å². The van der Waals surface area contributed by atoms with Gasteiger partial charge >= 0.3 is 6.18 Å². The highest BCUT2D eigenvalue weighted by atomic mass is 19.4. The maximum absolute atomic E-state index is 13.6. The van der Waals surface area contributed by atoms with Gasteiger partial charge in [0.2, 0.25) is 0 Å². The molecule has 0 radical (unpaired) electrons. The average Bonchev–Trinajstić information content (AvgIpc) is 3.32. The number of pyridine rings is 1. The van der Waals surface area contributed by atoms with Crippen molar-refractivity contribution in [2.75, 3.05) is 6.54 Å². The molecule has 1 atom stereocenters. The summed E-state index contributed by atoms with van der Waals surface area (Å²) in [4.78, 5) is 23.2. The molecule has 1 aliphatic heterocycles. The van der Waals surface area contributed by atoms with Crippen molar-refractivity contribution in [1.29, 1.82) is 0 Å². The van der Waals surface area contributed by atoms with E-state index in [0.717, 1.165) is 22.7 Å². The predicted octanol–water partition coefficient (Wildman–Crippen LogP) is 4.55. The largest absolute Gasteiger partial charge is 0.433 e. The second-order valence-electron chi connectivity index (χ2n) is 7.90. The standard InChI is InChI=1S/C21H22F3N5O/c1-12(2)15-9-18(21(22,23)24)29-19(26-15)10-16(27-29)17-5-4-8-28(17)20(30)14-7-6-13(3)25-11-14/h6-7,9-12,17H,4-5,8H2,1-3H3. The zero-order valence-corrected chi connectivity index (χ0v) is 16.9. The van der Waals surface area contributed by atoms with Gasteiger partial charge in [0.25, 0.3) is 5.91 Å². The van der Waals surface area contributed by atoms with Crippen molar-refractivity contribution in [2.24, 2.45) is 0 Å². The molecule has 158 valence electrons. The van der Waals surface area contributed by atoms with Gasteiger partial charge in [-0.3, -0.25) is 9.78 Å². The van der Waals surface area contributed by atoms with Crippen molar-refractivity contribution in [1.82, 2.24) is 24.5 Å². The Labute approximate surface area is 171 Å². The van der Waals surface area contributed by atoms with Crippen LogP contribution in [-0.2, 0) is 6.18 Å². The highest BCUT2D eigenvalue weighted by Crippen LogP contribution is 2.35. The third kappa shape index (κ3) is 3.64. The number of nitrogens with zero attached hydrogens (tertiary/aromatic N) is 5. The molecule has 0 aromatic carbocycles. The molecule has 0 aliphatic carbocycles. The van der Waals surface area contributed by atoms with Gasteiger partial charge in [-0.05, 0) is 43.9 Å². The molecule has 6 nitrogen and oxygen atoms in total. The molecule has 0 bridgehead atoms. The molecule has 0 spiro atoms. The minimum absolute atomic E-state index is 0.139. The molecule has 30 heavy (non-hydrogen) atoms. The second-order valence-corrected chi connectivity index (χ2v) is 7.90.